The zero-order valence-corrected chi connectivity index (χ0v) is 12.9. The molecule has 0 unspecified atom stereocenters. The van der Waals surface area contributed by atoms with E-state index in [9.17, 15) is 4.79 Å². The number of nitrogens with zero attached hydrogens (tertiary/aromatic N) is 3. The van der Waals surface area contributed by atoms with Crippen LogP contribution in [-0.4, -0.2) is 34.0 Å². The quantitative estimate of drug-likeness (QED) is 0.689. The first-order chi connectivity index (χ1) is 11.3. The van der Waals surface area contributed by atoms with Gasteiger partial charge in [-0.1, -0.05) is 5.16 Å². The van der Waals surface area contributed by atoms with E-state index in [4.69, 9.17) is 8.94 Å². The van der Waals surface area contributed by atoms with Crippen molar-refractivity contribution in [2.24, 2.45) is 0 Å². The Kier molecular flexibility index (Phi) is 3.55. The molecule has 0 aromatic carbocycles. The molecule has 0 N–H and O–H groups in total. The lowest BCUT2D eigenvalue weighted by molar-refractivity contribution is -0.130. The van der Waals surface area contributed by atoms with Crippen LogP contribution in [0.3, 0.4) is 0 Å². The molecule has 7 heteroatoms. The number of thiophene rings is 1. The molecule has 0 radical (unpaired) electrons. The van der Waals surface area contributed by atoms with Crippen molar-refractivity contribution in [1.29, 1.82) is 0 Å². The van der Waals surface area contributed by atoms with E-state index in [1.807, 2.05) is 16.8 Å². The fourth-order valence-corrected chi connectivity index (χ4v) is 3.00. The molecule has 1 amide bonds. The second kappa shape index (κ2) is 5.85. The topological polar surface area (TPSA) is 72.4 Å². The lowest BCUT2D eigenvalue weighted by atomic mass is 10.00. The number of aromatic nitrogens is 2. The molecule has 23 heavy (non-hydrogen) atoms. The molecule has 1 fully saturated rings. The van der Waals surface area contributed by atoms with Crippen LogP contribution in [0.5, 0.6) is 0 Å². The molecule has 0 atom stereocenters. The number of hydrogen-bond acceptors (Lipinski definition) is 6. The van der Waals surface area contributed by atoms with Crippen LogP contribution >= 0.6 is 11.3 Å². The van der Waals surface area contributed by atoms with E-state index in [-0.39, 0.29) is 11.8 Å². The first kappa shape index (κ1) is 14.0. The summed E-state index contributed by atoms with van der Waals surface area (Å²) in [5, 5.41) is 7.94. The SMILES string of the molecule is O=C(/C=C/c1ccco1)N1CC(c2nc(-c3ccsc3)no2)C1. The van der Waals surface area contributed by atoms with Crippen LogP contribution < -0.4 is 0 Å². The largest absolute Gasteiger partial charge is 0.465 e. The summed E-state index contributed by atoms with van der Waals surface area (Å²) in [5.74, 6) is 1.91. The van der Waals surface area contributed by atoms with Gasteiger partial charge in [-0.05, 0) is 29.7 Å². The third kappa shape index (κ3) is 2.83. The van der Waals surface area contributed by atoms with Gasteiger partial charge in [0.2, 0.25) is 17.6 Å². The molecule has 1 aliphatic rings. The van der Waals surface area contributed by atoms with E-state index >= 15 is 0 Å². The molecule has 116 valence electrons. The first-order valence-electron chi connectivity index (χ1n) is 7.16. The second-order valence-corrected chi connectivity index (χ2v) is 6.04. The van der Waals surface area contributed by atoms with E-state index in [0.717, 1.165) is 5.56 Å². The van der Waals surface area contributed by atoms with Crippen molar-refractivity contribution in [3.05, 3.63) is 52.9 Å². The van der Waals surface area contributed by atoms with Gasteiger partial charge in [-0.15, -0.1) is 0 Å². The minimum absolute atomic E-state index is 0.0461. The Morgan fingerprint density at radius 2 is 2.30 bits per heavy atom. The lowest BCUT2D eigenvalue weighted by Crippen LogP contribution is -2.47. The smallest absolute Gasteiger partial charge is 0.246 e. The summed E-state index contributed by atoms with van der Waals surface area (Å²) < 4.78 is 10.5. The number of rotatable bonds is 4. The van der Waals surface area contributed by atoms with Crippen molar-refractivity contribution in [1.82, 2.24) is 15.0 Å². The Balaban J connectivity index is 1.35. The Morgan fingerprint density at radius 3 is 3.04 bits per heavy atom. The zero-order chi connectivity index (χ0) is 15.6. The standard InChI is InChI=1S/C16H13N3O3S/c20-14(4-3-13-2-1-6-21-13)19-8-12(9-19)16-17-15(18-22-16)11-5-7-23-10-11/h1-7,10,12H,8-9H2/b4-3+. The van der Waals surface area contributed by atoms with Crippen molar-refractivity contribution in [2.45, 2.75) is 5.92 Å². The maximum absolute atomic E-state index is 12.0. The highest BCUT2D eigenvalue weighted by atomic mass is 32.1. The molecule has 1 aliphatic heterocycles. The number of furan rings is 1. The third-order valence-electron chi connectivity index (χ3n) is 3.70. The fourth-order valence-electron chi connectivity index (χ4n) is 2.37. The van der Waals surface area contributed by atoms with Gasteiger partial charge in [-0.3, -0.25) is 4.79 Å². The molecular weight excluding hydrogens is 314 g/mol. The lowest BCUT2D eigenvalue weighted by Gasteiger charge is -2.36. The van der Waals surface area contributed by atoms with Gasteiger partial charge < -0.3 is 13.8 Å². The molecule has 1 saturated heterocycles. The van der Waals surface area contributed by atoms with Gasteiger partial charge in [-0.2, -0.15) is 16.3 Å². The third-order valence-corrected chi connectivity index (χ3v) is 4.38. The molecule has 3 aromatic heterocycles. The van der Waals surface area contributed by atoms with Crippen molar-refractivity contribution in [3.8, 4) is 11.4 Å². The van der Waals surface area contributed by atoms with Gasteiger partial charge >= 0.3 is 0 Å². The second-order valence-electron chi connectivity index (χ2n) is 5.26. The normalized spacial score (nSPS) is 15.2. The Hall–Kier alpha value is -2.67. The zero-order valence-electron chi connectivity index (χ0n) is 12.1. The van der Waals surface area contributed by atoms with Crippen molar-refractivity contribution in [3.63, 3.8) is 0 Å². The molecular formula is C16H13N3O3S. The highest BCUT2D eigenvalue weighted by Crippen LogP contribution is 2.28. The minimum atomic E-state index is -0.0461. The predicted octanol–water partition coefficient (Wildman–Crippen LogP) is 3.03. The van der Waals surface area contributed by atoms with Crippen LogP contribution in [0.25, 0.3) is 17.5 Å². The Labute approximate surface area is 136 Å². The van der Waals surface area contributed by atoms with E-state index in [1.54, 1.807) is 40.7 Å². The van der Waals surface area contributed by atoms with Gasteiger partial charge in [0.15, 0.2) is 0 Å². The summed E-state index contributed by atoms with van der Waals surface area (Å²) in [6.07, 6.45) is 4.75. The van der Waals surface area contributed by atoms with Crippen molar-refractivity contribution >= 4 is 23.3 Å². The van der Waals surface area contributed by atoms with Gasteiger partial charge in [0, 0.05) is 30.1 Å². The summed E-state index contributed by atoms with van der Waals surface area (Å²) in [6, 6.07) is 5.53. The fraction of sp³-hybridized carbons (Fsp3) is 0.188. The summed E-state index contributed by atoms with van der Waals surface area (Å²) >= 11 is 1.59. The summed E-state index contributed by atoms with van der Waals surface area (Å²) in [6.45, 7) is 1.18. The van der Waals surface area contributed by atoms with Crippen LogP contribution in [0.15, 0.2) is 50.2 Å². The monoisotopic (exact) mass is 327 g/mol. The van der Waals surface area contributed by atoms with E-state index in [1.165, 1.54) is 6.08 Å². The molecule has 4 rings (SSSR count). The van der Waals surface area contributed by atoms with Gasteiger partial charge in [0.05, 0.1) is 12.2 Å². The van der Waals surface area contributed by atoms with Crippen LogP contribution in [0.2, 0.25) is 0 Å². The summed E-state index contributed by atoms with van der Waals surface area (Å²) in [4.78, 5) is 18.2. The van der Waals surface area contributed by atoms with E-state index in [2.05, 4.69) is 10.1 Å². The van der Waals surface area contributed by atoms with E-state index < -0.39 is 0 Å². The average Bonchev–Trinajstić information content (AvgIpc) is 3.24. The van der Waals surface area contributed by atoms with Crippen LogP contribution in [0.4, 0.5) is 0 Å². The predicted molar refractivity (Wildman–Crippen MR) is 84.7 cm³/mol. The molecule has 0 spiro atoms. The summed E-state index contributed by atoms with van der Waals surface area (Å²) in [7, 11) is 0. The minimum Gasteiger partial charge on any atom is -0.465 e. The number of hydrogen-bond donors (Lipinski definition) is 0. The highest BCUT2D eigenvalue weighted by Gasteiger charge is 2.34. The molecule has 0 saturated carbocycles. The van der Waals surface area contributed by atoms with Crippen LogP contribution in [-0.2, 0) is 4.79 Å². The molecule has 3 aromatic rings. The van der Waals surface area contributed by atoms with Gasteiger partial charge in [0.1, 0.15) is 5.76 Å². The van der Waals surface area contributed by atoms with E-state index in [0.29, 0.717) is 30.6 Å². The average molecular weight is 327 g/mol. The van der Waals surface area contributed by atoms with Gasteiger partial charge in [0.25, 0.3) is 0 Å². The number of carbonyl (C=O) groups excluding carboxylic acids is 1. The Bertz CT molecular complexity index is 815. The van der Waals surface area contributed by atoms with Gasteiger partial charge in [-0.25, -0.2) is 0 Å². The molecule has 0 aliphatic carbocycles. The van der Waals surface area contributed by atoms with Crippen LogP contribution in [0.1, 0.15) is 17.6 Å². The van der Waals surface area contributed by atoms with Crippen molar-refractivity contribution in [2.75, 3.05) is 13.1 Å². The highest BCUT2D eigenvalue weighted by molar-refractivity contribution is 7.08. The Morgan fingerprint density at radius 1 is 1.39 bits per heavy atom. The first-order valence-corrected chi connectivity index (χ1v) is 8.10. The molecule has 6 nitrogen and oxygen atoms in total. The van der Waals surface area contributed by atoms with Crippen LogP contribution in [0, 0.1) is 0 Å². The number of carbonyl (C=O) groups is 1. The van der Waals surface area contributed by atoms with Crippen molar-refractivity contribution < 1.29 is 13.7 Å². The maximum Gasteiger partial charge on any atom is 0.246 e. The number of likely N-dealkylation sites (tertiary alicyclic amines) is 1. The summed E-state index contributed by atoms with van der Waals surface area (Å²) in [5.41, 5.74) is 0.957. The maximum atomic E-state index is 12.0. The molecule has 4 heterocycles. The molecule has 0 bridgehead atoms. The number of amides is 1.